The highest BCUT2D eigenvalue weighted by Crippen LogP contribution is 2.26. The lowest BCUT2D eigenvalue weighted by atomic mass is 9.92. The van der Waals surface area contributed by atoms with Gasteiger partial charge >= 0.3 is 5.97 Å². The Kier molecular flexibility index (Phi) is 6.94. The van der Waals surface area contributed by atoms with Crippen LogP contribution in [-0.2, 0) is 9.53 Å². The van der Waals surface area contributed by atoms with E-state index in [1.165, 1.54) is 13.0 Å². The van der Waals surface area contributed by atoms with Gasteiger partial charge in [-0.25, -0.2) is 0 Å². The molecule has 0 heterocycles. The summed E-state index contributed by atoms with van der Waals surface area (Å²) < 4.78 is 5.41. The number of hydrogen-bond acceptors (Lipinski definition) is 4. The summed E-state index contributed by atoms with van der Waals surface area (Å²) in [5.41, 5.74) is 1.66. The Bertz CT molecular complexity index is 1070. The van der Waals surface area contributed by atoms with Gasteiger partial charge in [0.25, 0.3) is 0 Å². The van der Waals surface area contributed by atoms with Crippen molar-refractivity contribution in [1.29, 1.82) is 0 Å². The lowest BCUT2D eigenvalue weighted by molar-refractivity contribution is -0.142. The van der Waals surface area contributed by atoms with Crippen LogP contribution in [0, 0.1) is 0 Å². The van der Waals surface area contributed by atoms with Crippen molar-refractivity contribution in [3.8, 4) is 0 Å². The van der Waals surface area contributed by atoms with Gasteiger partial charge in [0, 0.05) is 28.6 Å². The summed E-state index contributed by atoms with van der Waals surface area (Å²) in [5, 5.41) is 0.505. The number of allylic oxidation sites excluding steroid dienone is 1. The van der Waals surface area contributed by atoms with Gasteiger partial charge in [-0.2, -0.15) is 0 Å². The molecule has 1 atom stereocenters. The molecule has 0 aliphatic carbocycles. The molecule has 0 radical (unpaired) electrons. The number of hydrogen-bond donors (Lipinski definition) is 0. The molecule has 3 aromatic carbocycles. The summed E-state index contributed by atoms with van der Waals surface area (Å²) in [6.07, 6.45) is 0.0613. The fraction of sp³-hybridized carbons (Fsp3) is 0.0800. The van der Waals surface area contributed by atoms with Crippen LogP contribution in [0.1, 0.15) is 33.2 Å². The first kappa shape index (κ1) is 21.2. The number of benzene rings is 3. The van der Waals surface area contributed by atoms with Crippen LogP contribution < -0.4 is 0 Å². The third kappa shape index (κ3) is 5.31. The number of esters is 1. The minimum atomic E-state index is -1.28. The lowest BCUT2D eigenvalue weighted by Crippen LogP contribution is -2.28. The first-order chi connectivity index (χ1) is 14.5. The third-order valence-electron chi connectivity index (χ3n) is 4.39. The Morgan fingerprint density at radius 2 is 1.30 bits per heavy atom. The van der Waals surface area contributed by atoms with E-state index in [0.717, 1.165) is 0 Å². The average molecular weight is 419 g/mol. The molecule has 0 N–H and O–H groups in total. The van der Waals surface area contributed by atoms with Gasteiger partial charge in [0.05, 0.1) is 0 Å². The zero-order chi connectivity index (χ0) is 21.5. The van der Waals surface area contributed by atoms with E-state index in [1.807, 2.05) is 0 Å². The molecule has 30 heavy (non-hydrogen) atoms. The highest BCUT2D eigenvalue weighted by atomic mass is 35.5. The van der Waals surface area contributed by atoms with Gasteiger partial charge in [-0.3, -0.25) is 14.4 Å². The van der Waals surface area contributed by atoms with Crippen LogP contribution in [0.15, 0.2) is 91.0 Å². The number of carbonyl (C=O) groups is 3. The Labute approximate surface area is 179 Å². The van der Waals surface area contributed by atoms with Crippen molar-refractivity contribution in [3.05, 3.63) is 113 Å². The molecule has 0 spiro atoms. The fourth-order valence-corrected chi connectivity index (χ4v) is 3.08. The largest absolute Gasteiger partial charge is 0.449 e. The first-order valence-corrected chi connectivity index (χ1v) is 9.67. The lowest BCUT2D eigenvalue weighted by Gasteiger charge is -2.20. The Morgan fingerprint density at radius 3 is 1.83 bits per heavy atom. The number of rotatable bonds is 7. The second kappa shape index (κ2) is 9.81. The number of carbonyl (C=O) groups excluding carboxylic acids is 3. The second-order valence-electron chi connectivity index (χ2n) is 6.56. The van der Waals surface area contributed by atoms with Crippen molar-refractivity contribution in [2.75, 3.05) is 0 Å². The van der Waals surface area contributed by atoms with Crippen molar-refractivity contribution in [1.82, 2.24) is 0 Å². The minimum absolute atomic E-state index is 0.282. The number of ketones is 2. The number of ether oxygens (including phenoxy) is 1. The fourth-order valence-electron chi connectivity index (χ4n) is 2.96. The molecular weight excluding hydrogens is 400 g/mol. The second-order valence-corrected chi connectivity index (χ2v) is 6.99. The highest BCUT2D eigenvalue weighted by molar-refractivity contribution is 6.30. The first-order valence-electron chi connectivity index (χ1n) is 9.29. The molecule has 0 saturated heterocycles. The van der Waals surface area contributed by atoms with Crippen LogP contribution in [0.5, 0.6) is 0 Å². The summed E-state index contributed by atoms with van der Waals surface area (Å²) in [5.74, 6) is -1.36. The van der Waals surface area contributed by atoms with E-state index in [1.54, 1.807) is 84.9 Å². The van der Waals surface area contributed by atoms with Crippen molar-refractivity contribution in [2.24, 2.45) is 0 Å². The van der Waals surface area contributed by atoms with Crippen LogP contribution in [0.4, 0.5) is 0 Å². The predicted molar refractivity (Wildman–Crippen MR) is 117 cm³/mol. The van der Waals surface area contributed by atoms with E-state index in [0.29, 0.717) is 21.7 Å². The Hall–Kier alpha value is -3.50. The summed E-state index contributed by atoms with van der Waals surface area (Å²) in [6.45, 7) is 1.23. The van der Waals surface area contributed by atoms with Gasteiger partial charge in [-0.1, -0.05) is 84.4 Å². The molecule has 3 aromatic rings. The van der Waals surface area contributed by atoms with Gasteiger partial charge in [0.2, 0.25) is 5.78 Å². The van der Waals surface area contributed by atoms with Gasteiger partial charge in [0.1, 0.15) is 0 Å². The zero-order valence-corrected chi connectivity index (χ0v) is 17.0. The van der Waals surface area contributed by atoms with Crippen LogP contribution in [0.3, 0.4) is 0 Å². The van der Waals surface area contributed by atoms with Crippen LogP contribution >= 0.6 is 11.6 Å². The summed E-state index contributed by atoms with van der Waals surface area (Å²) in [7, 11) is 0. The molecule has 3 rings (SSSR count). The monoisotopic (exact) mass is 418 g/mol. The molecule has 0 aliphatic heterocycles. The molecular formula is C25H19ClO4. The molecule has 0 aromatic heterocycles. The maximum atomic E-state index is 13.2. The molecule has 4 nitrogen and oxygen atoms in total. The summed E-state index contributed by atoms with van der Waals surface area (Å²) >= 11 is 6.00. The van der Waals surface area contributed by atoms with Crippen LogP contribution in [-0.4, -0.2) is 23.6 Å². The van der Waals surface area contributed by atoms with E-state index in [2.05, 4.69) is 0 Å². The van der Waals surface area contributed by atoms with E-state index in [4.69, 9.17) is 16.3 Å². The van der Waals surface area contributed by atoms with Crippen molar-refractivity contribution >= 4 is 34.7 Å². The molecule has 0 bridgehead atoms. The summed E-state index contributed by atoms with van der Waals surface area (Å²) in [6, 6.07) is 23.8. The van der Waals surface area contributed by atoms with Gasteiger partial charge in [-0.15, -0.1) is 0 Å². The maximum absolute atomic E-state index is 13.2. The molecule has 150 valence electrons. The zero-order valence-electron chi connectivity index (χ0n) is 16.2. The van der Waals surface area contributed by atoms with Crippen LogP contribution in [0.2, 0.25) is 5.02 Å². The van der Waals surface area contributed by atoms with Gasteiger partial charge in [-0.05, 0) is 23.8 Å². The third-order valence-corrected chi connectivity index (χ3v) is 4.64. The van der Waals surface area contributed by atoms with Crippen molar-refractivity contribution < 1.29 is 19.1 Å². The number of halogens is 1. The van der Waals surface area contributed by atoms with Crippen molar-refractivity contribution in [3.63, 3.8) is 0 Å². The molecule has 0 saturated carbocycles. The standard InChI is InChI=1S/C25H19ClO4/c1-17(27)30-25(24(29)20-10-6-3-7-11-20)22(18-12-14-21(26)15-13-18)16-23(28)19-8-4-2-5-9-19/h2-16,25H,1H3/b22-16+. The van der Waals surface area contributed by atoms with E-state index in [-0.39, 0.29) is 11.4 Å². The van der Waals surface area contributed by atoms with Crippen molar-refractivity contribution in [2.45, 2.75) is 13.0 Å². The topological polar surface area (TPSA) is 60.4 Å². The number of Topliss-reactive ketones (excluding diaryl/α,β-unsaturated/α-hetero) is 1. The summed E-state index contributed by atoms with van der Waals surface area (Å²) in [4.78, 5) is 37.9. The van der Waals surface area contributed by atoms with E-state index < -0.39 is 17.9 Å². The van der Waals surface area contributed by atoms with Gasteiger partial charge < -0.3 is 4.74 Å². The quantitative estimate of drug-likeness (QED) is 0.292. The molecule has 0 aliphatic rings. The molecule has 5 heteroatoms. The average Bonchev–Trinajstić information content (AvgIpc) is 2.77. The molecule has 0 fully saturated rings. The highest BCUT2D eigenvalue weighted by Gasteiger charge is 2.29. The van der Waals surface area contributed by atoms with E-state index >= 15 is 0 Å². The smallest absolute Gasteiger partial charge is 0.303 e. The predicted octanol–water partition coefficient (Wildman–Crippen LogP) is 5.42. The minimum Gasteiger partial charge on any atom is -0.449 e. The molecule has 0 amide bonds. The Morgan fingerprint density at radius 1 is 0.767 bits per heavy atom. The Balaban J connectivity index is 2.12. The maximum Gasteiger partial charge on any atom is 0.303 e. The van der Waals surface area contributed by atoms with Gasteiger partial charge in [0.15, 0.2) is 11.9 Å². The van der Waals surface area contributed by atoms with Crippen LogP contribution in [0.25, 0.3) is 5.57 Å². The SMILES string of the molecule is CC(=O)OC(C(=O)c1ccccc1)/C(=C/C(=O)c1ccccc1)c1ccc(Cl)cc1. The normalized spacial score (nSPS) is 12.1. The van der Waals surface area contributed by atoms with E-state index in [9.17, 15) is 14.4 Å². The molecule has 1 unspecified atom stereocenters.